The quantitative estimate of drug-likeness (QED) is 0.890. The maximum absolute atomic E-state index is 11.7. The number of anilines is 1. The van der Waals surface area contributed by atoms with Crippen molar-refractivity contribution in [3.63, 3.8) is 0 Å². The van der Waals surface area contributed by atoms with Crippen LogP contribution in [-0.2, 0) is 11.2 Å². The maximum atomic E-state index is 11.7. The molecule has 0 unspecified atom stereocenters. The number of aryl methyl sites for hydroxylation is 2. The lowest BCUT2D eigenvalue weighted by Gasteiger charge is -2.04. The fourth-order valence-corrected chi connectivity index (χ4v) is 2.25. The van der Waals surface area contributed by atoms with Gasteiger partial charge in [0.1, 0.15) is 5.75 Å². The molecule has 2 aromatic rings. The van der Waals surface area contributed by atoms with Crippen LogP contribution < -0.4 is 5.32 Å². The number of nitrogens with zero attached hydrogens (tertiary/aromatic N) is 1. The molecule has 1 amide bonds. The van der Waals surface area contributed by atoms with Gasteiger partial charge in [0.05, 0.1) is 0 Å². The molecule has 0 bridgehead atoms. The second-order valence-corrected chi connectivity index (χ2v) is 5.19. The zero-order valence-electron chi connectivity index (χ0n) is 10.0. The number of para-hydroxylation sites is 1. The monoisotopic (exact) mass is 262 g/mol. The van der Waals surface area contributed by atoms with Crippen molar-refractivity contribution in [2.45, 2.75) is 19.8 Å². The van der Waals surface area contributed by atoms with Crippen LogP contribution in [0.25, 0.3) is 0 Å². The van der Waals surface area contributed by atoms with Crippen molar-refractivity contribution in [1.82, 2.24) is 4.98 Å². The lowest BCUT2D eigenvalue weighted by atomic mass is 10.1. The summed E-state index contributed by atoms with van der Waals surface area (Å²) in [5.41, 5.74) is 0.781. The van der Waals surface area contributed by atoms with Crippen molar-refractivity contribution in [2.24, 2.45) is 0 Å². The summed E-state index contributed by atoms with van der Waals surface area (Å²) in [7, 11) is 0. The average molecular weight is 262 g/mol. The van der Waals surface area contributed by atoms with Crippen LogP contribution in [0.2, 0.25) is 0 Å². The topological polar surface area (TPSA) is 62.2 Å². The van der Waals surface area contributed by atoms with Crippen molar-refractivity contribution in [3.8, 4) is 5.75 Å². The van der Waals surface area contributed by atoms with E-state index in [1.165, 1.54) is 11.3 Å². The molecule has 0 saturated carbocycles. The maximum Gasteiger partial charge on any atom is 0.226 e. The minimum atomic E-state index is -0.0902. The van der Waals surface area contributed by atoms with Crippen LogP contribution in [0.15, 0.2) is 30.5 Å². The van der Waals surface area contributed by atoms with E-state index in [4.69, 9.17) is 0 Å². The fourth-order valence-electron chi connectivity index (χ4n) is 1.56. The van der Waals surface area contributed by atoms with Gasteiger partial charge in [-0.15, -0.1) is 11.3 Å². The minimum absolute atomic E-state index is 0.0902. The Labute approximate surface area is 109 Å². The molecule has 4 nitrogen and oxygen atoms in total. The first kappa shape index (κ1) is 12.6. The van der Waals surface area contributed by atoms with E-state index >= 15 is 0 Å². The van der Waals surface area contributed by atoms with Crippen molar-refractivity contribution in [3.05, 3.63) is 40.9 Å². The molecule has 0 atom stereocenters. The minimum Gasteiger partial charge on any atom is -0.508 e. The molecule has 0 saturated heterocycles. The number of carbonyl (C=O) groups is 1. The van der Waals surface area contributed by atoms with Crippen LogP contribution in [0.5, 0.6) is 5.75 Å². The Hall–Kier alpha value is -1.88. The molecule has 1 heterocycles. The molecule has 18 heavy (non-hydrogen) atoms. The van der Waals surface area contributed by atoms with Gasteiger partial charge in [-0.05, 0) is 25.0 Å². The summed E-state index contributed by atoms with van der Waals surface area (Å²) >= 11 is 1.45. The van der Waals surface area contributed by atoms with Crippen LogP contribution in [0, 0.1) is 6.92 Å². The number of phenolic OH excluding ortho intramolecular Hbond substituents is 1. The zero-order chi connectivity index (χ0) is 13.0. The van der Waals surface area contributed by atoms with E-state index in [-0.39, 0.29) is 11.7 Å². The van der Waals surface area contributed by atoms with Gasteiger partial charge in [0, 0.05) is 17.5 Å². The summed E-state index contributed by atoms with van der Waals surface area (Å²) in [5, 5.41) is 12.9. The van der Waals surface area contributed by atoms with Crippen LogP contribution in [-0.4, -0.2) is 16.0 Å². The highest BCUT2D eigenvalue weighted by molar-refractivity contribution is 7.15. The number of thiazole rings is 1. The molecule has 1 aromatic heterocycles. The van der Waals surface area contributed by atoms with E-state index in [9.17, 15) is 9.90 Å². The number of nitrogens with one attached hydrogen (secondary N) is 1. The number of aromatic nitrogens is 1. The van der Waals surface area contributed by atoms with E-state index in [0.717, 1.165) is 10.4 Å². The Morgan fingerprint density at radius 3 is 2.89 bits per heavy atom. The highest BCUT2D eigenvalue weighted by atomic mass is 32.1. The number of hydrogen-bond donors (Lipinski definition) is 2. The second kappa shape index (κ2) is 5.64. The number of phenols is 1. The molecule has 94 valence electrons. The SMILES string of the molecule is Cc1cnc(NC(=O)CCc2ccccc2O)s1. The van der Waals surface area contributed by atoms with Crippen LogP contribution in [0.3, 0.4) is 0 Å². The fraction of sp³-hybridized carbons (Fsp3) is 0.231. The standard InChI is InChI=1S/C13H14N2O2S/c1-9-8-14-13(18-9)15-12(17)7-6-10-4-2-3-5-11(10)16/h2-5,8,16H,6-7H2,1H3,(H,14,15,17). The van der Waals surface area contributed by atoms with Crippen molar-refractivity contribution in [1.29, 1.82) is 0 Å². The second-order valence-electron chi connectivity index (χ2n) is 3.95. The zero-order valence-corrected chi connectivity index (χ0v) is 10.8. The number of aromatic hydroxyl groups is 1. The smallest absolute Gasteiger partial charge is 0.226 e. The molecule has 5 heteroatoms. The number of carbonyl (C=O) groups excluding carboxylic acids is 1. The molecule has 0 spiro atoms. The average Bonchev–Trinajstić information content (AvgIpc) is 2.74. The molecule has 2 N–H and O–H groups in total. The Kier molecular flexibility index (Phi) is 3.94. The van der Waals surface area contributed by atoms with Gasteiger partial charge in [-0.1, -0.05) is 18.2 Å². The first-order valence-electron chi connectivity index (χ1n) is 5.64. The molecule has 0 radical (unpaired) electrons. The number of amides is 1. The molecule has 0 aliphatic rings. The predicted octanol–water partition coefficient (Wildman–Crippen LogP) is 2.73. The van der Waals surface area contributed by atoms with Gasteiger partial charge >= 0.3 is 0 Å². The van der Waals surface area contributed by atoms with Crippen LogP contribution in [0.1, 0.15) is 16.9 Å². The molecular formula is C13H14N2O2S. The van der Waals surface area contributed by atoms with Gasteiger partial charge in [-0.25, -0.2) is 4.98 Å². The molecule has 0 aliphatic carbocycles. The lowest BCUT2D eigenvalue weighted by Crippen LogP contribution is -2.12. The van der Waals surface area contributed by atoms with Gasteiger partial charge in [0.15, 0.2) is 5.13 Å². The Bertz CT molecular complexity index is 551. The van der Waals surface area contributed by atoms with Gasteiger partial charge in [-0.3, -0.25) is 4.79 Å². The molecule has 0 aliphatic heterocycles. The molecule has 2 rings (SSSR count). The summed E-state index contributed by atoms with van der Waals surface area (Å²) in [5.74, 6) is 0.142. The number of benzene rings is 1. The van der Waals surface area contributed by atoms with E-state index in [2.05, 4.69) is 10.3 Å². The number of hydrogen-bond acceptors (Lipinski definition) is 4. The van der Waals surface area contributed by atoms with Crippen molar-refractivity contribution >= 4 is 22.4 Å². The summed E-state index contributed by atoms with van der Waals surface area (Å²) in [6, 6.07) is 7.04. The normalized spacial score (nSPS) is 10.3. The highest BCUT2D eigenvalue weighted by Gasteiger charge is 2.07. The summed E-state index contributed by atoms with van der Waals surface area (Å²) < 4.78 is 0. The highest BCUT2D eigenvalue weighted by Crippen LogP contribution is 2.19. The van der Waals surface area contributed by atoms with Crippen LogP contribution >= 0.6 is 11.3 Å². The largest absolute Gasteiger partial charge is 0.508 e. The van der Waals surface area contributed by atoms with Gasteiger partial charge in [-0.2, -0.15) is 0 Å². The third-order valence-electron chi connectivity index (χ3n) is 2.48. The van der Waals surface area contributed by atoms with E-state index in [1.54, 1.807) is 18.3 Å². The van der Waals surface area contributed by atoms with E-state index in [1.807, 2.05) is 19.1 Å². The predicted molar refractivity (Wildman–Crippen MR) is 71.9 cm³/mol. The van der Waals surface area contributed by atoms with E-state index < -0.39 is 0 Å². The molecule has 0 fully saturated rings. The summed E-state index contributed by atoms with van der Waals surface area (Å²) in [4.78, 5) is 16.8. The summed E-state index contributed by atoms with van der Waals surface area (Å²) in [6.45, 7) is 1.94. The third-order valence-corrected chi connectivity index (χ3v) is 3.31. The van der Waals surface area contributed by atoms with Gasteiger partial charge in [0.2, 0.25) is 5.91 Å². The Morgan fingerprint density at radius 2 is 2.22 bits per heavy atom. The Balaban J connectivity index is 1.87. The first-order valence-corrected chi connectivity index (χ1v) is 6.46. The van der Waals surface area contributed by atoms with Crippen LogP contribution in [0.4, 0.5) is 5.13 Å². The number of rotatable bonds is 4. The van der Waals surface area contributed by atoms with E-state index in [0.29, 0.717) is 18.0 Å². The lowest BCUT2D eigenvalue weighted by molar-refractivity contribution is -0.116. The summed E-state index contributed by atoms with van der Waals surface area (Å²) in [6.07, 6.45) is 2.57. The third kappa shape index (κ3) is 3.30. The Morgan fingerprint density at radius 1 is 1.44 bits per heavy atom. The van der Waals surface area contributed by atoms with Crippen molar-refractivity contribution in [2.75, 3.05) is 5.32 Å². The first-order chi connectivity index (χ1) is 8.65. The van der Waals surface area contributed by atoms with Gasteiger partial charge < -0.3 is 10.4 Å². The molecular weight excluding hydrogens is 248 g/mol. The van der Waals surface area contributed by atoms with Gasteiger partial charge in [0.25, 0.3) is 0 Å². The molecule has 1 aromatic carbocycles. The van der Waals surface area contributed by atoms with Crippen molar-refractivity contribution < 1.29 is 9.90 Å².